The summed E-state index contributed by atoms with van der Waals surface area (Å²) in [6.45, 7) is -0.872. The normalized spacial score (nSPS) is 26.7. The number of aromatic amines is 1. The van der Waals surface area contributed by atoms with Crippen LogP contribution in [0.25, 0.3) is 11.2 Å². The Bertz CT molecular complexity index is 1110. The average Bonchev–Trinajstić information content (AvgIpc) is 3.39. The third kappa shape index (κ3) is 3.46. The van der Waals surface area contributed by atoms with Crippen LogP contribution in [0.1, 0.15) is 6.23 Å². The maximum absolute atomic E-state index is 12.3. The van der Waals surface area contributed by atoms with Gasteiger partial charge in [-0.3, -0.25) is 18.9 Å². The van der Waals surface area contributed by atoms with Gasteiger partial charge in [0.2, 0.25) is 5.95 Å². The predicted octanol–water partition coefficient (Wildman–Crippen LogP) is -1.57. The maximum Gasteiger partial charge on any atom is 0.437 e. The second kappa shape index (κ2) is 7.33. The molecular weight excluding hydrogens is 409 g/mol. The van der Waals surface area contributed by atoms with E-state index in [1.807, 2.05) is 0 Å². The van der Waals surface area contributed by atoms with Crippen LogP contribution in [0.5, 0.6) is 0 Å². The number of nitrogens with zero attached hydrogens (tertiary/aromatic N) is 5. The Morgan fingerprint density at radius 2 is 2.21 bits per heavy atom. The highest BCUT2D eigenvalue weighted by atomic mass is 31.2. The highest BCUT2D eigenvalue weighted by Gasteiger charge is 2.45. The van der Waals surface area contributed by atoms with Gasteiger partial charge in [-0.05, 0) is 0 Å². The molecule has 1 fully saturated rings. The van der Waals surface area contributed by atoms with Crippen molar-refractivity contribution in [2.75, 3.05) is 18.9 Å². The molecule has 156 valence electrons. The number of nitrogens with two attached hydrogens (primary N) is 1. The molecule has 3 aromatic rings. The molecule has 1 saturated heterocycles. The summed E-state index contributed by atoms with van der Waals surface area (Å²) >= 11 is 0. The molecule has 15 heteroatoms. The summed E-state index contributed by atoms with van der Waals surface area (Å²) in [5, 5.41) is 20.3. The first-order valence-electron chi connectivity index (χ1n) is 8.44. The fourth-order valence-corrected chi connectivity index (χ4v) is 4.07. The summed E-state index contributed by atoms with van der Waals surface area (Å²) in [5.41, 5.74) is 5.09. The third-order valence-corrected chi connectivity index (χ3v) is 5.95. The molecule has 3 aromatic heterocycles. The maximum atomic E-state index is 12.3. The second-order valence-electron chi connectivity index (χ2n) is 6.41. The van der Waals surface area contributed by atoms with Crippen LogP contribution in [-0.2, 0) is 13.8 Å². The molecule has 1 aliphatic heterocycles. The minimum atomic E-state index is -4.22. The van der Waals surface area contributed by atoms with Crippen molar-refractivity contribution in [1.29, 1.82) is 0 Å². The number of hydrogen-bond donors (Lipinski definition) is 5. The number of fused-ring (bicyclic) bond motifs is 1. The molecule has 14 nitrogen and oxygen atoms in total. The Kier molecular flexibility index (Phi) is 4.98. The monoisotopic (exact) mass is 427 g/mol. The van der Waals surface area contributed by atoms with Crippen molar-refractivity contribution in [2.45, 2.75) is 18.4 Å². The standard InChI is InChI=1S/C14H18N7O7P/c15-14-18-11-9(12(24)19-14)17-6-21(11)13-10(23)7(3-22)8(28-13)4-27-29(25,26)20-2-1-16-5-20/h1-2,5-8,10,13,22-23H,3-4H2,(H,25,26)(H3,15,18,19,24)/t7-,8-,10-,13-/m1/s1. The van der Waals surface area contributed by atoms with E-state index < -0.39 is 50.9 Å². The molecule has 0 saturated carbocycles. The van der Waals surface area contributed by atoms with Crippen molar-refractivity contribution in [3.63, 3.8) is 0 Å². The molecule has 0 radical (unpaired) electrons. The van der Waals surface area contributed by atoms with Gasteiger partial charge < -0.3 is 25.6 Å². The highest BCUT2D eigenvalue weighted by Crippen LogP contribution is 2.45. The molecule has 4 heterocycles. The average molecular weight is 427 g/mol. The van der Waals surface area contributed by atoms with E-state index in [2.05, 4.69) is 19.9 Å². The van der Waals surface area contributed by atoms with Crippen molar-refractivity contribution >= 4 is 24.9 Å². The summed E-state index contributed by atoms with van der Waals surface area (Å²) in [5.74, 6) is -0.975. The van der Waals surface area contributed by atoms with E-state index in [0.717, 1.165) is 10.7 Å². The zero-order chi connectivity index (χ0) is 20.8. The molecule has 0 bridgehead atoms. The number of hydrogen-bond acceptors (Lipinski definition) is 10. The van der Waals surface area contributed by atoms with Crippen LogP contribution >= 0.6 is 7.75 Å². The van der Waals surface area contributed by atoms with Crippen LogP contribution in [0.3, 0.4) is 0 Å². The molecular formula is C14H18N7O7P. The molecule has 0 amide bonds. The van der Waals surface area contributed by atoms with Gasteiger partial charge in [0.15, 0.2) is 17.4 Å². The van der Waals surface area contributed by atoms with Crippen molar-refractivity contribution in [3.05, 3.63) is 35.4 Å². The first-order valence-corrected chi connectivity index (χ1v) is 9.97. The Balaban J connectivity index is 1.58. The molecule has 5 atom stereocenters. The zero-order valence-electron chi connectivity index (χ0n) is 14.8. The molecule has 0 aliphatic carbocycles. The number of imidazole rings is 2. The highest BCUT2D eigenvalue weighted by molar-refractivity contribution is 7.51. The Morgan fingerprint density at radius 1 is 1.41 bits per heavy atom. The van der Waals surface area contributed by atoms with Gasteiger partial charge in [0.05, 0.1) is 25.6 Å². The zero-order valence-corrected chi connectivity index (χ0v) is 15.7. The summed E-state index contributed by atoms with van der Waals surface area (Å²) in [6.07, 6.45) is 1.72. The van der Waals surface area contributed by atoms with Crippen LogP contribution < -0.4 is 11.3 Å². The Hall–Kier alpha value is -2.61. The van der Waals surface area contributed by atoms with Crippen LogP contribution in [-0.4, -0.2) is 69.4 Å². The first kappa shape index (κ1) is 19.7. The van der Waals surface area contributed by atoms with E-state index >= 15 is 0 Å². The van der Waals surface area contributed by atoms with Crippen LogP contribution in [0.15, 0.2) is 29.8 Å². The van der Waals surface area contributed by atoms with E-state index in [0.29, 0.717) is 0 Å². The molecule has 1 aliphatic rings. The second-order valence-corrected chi connectivity index (χ2v) is 8.11. The van der Waals surface area contributed by atoms with Crippen LogP contribution in [0.2, 0.25) is 0 Å². The van der Waals surface area contributed by atoms with E-state index in [-0.39, 0.29) is 17.1 Å². The number of rotatable bonds is 6. The Morgan fingerprint density at radius 3 is 2.90 bits per heavy atom. The SMILES string of the molecule is Nc1nc2c(ncn2[C@@H]2O[C@H](COP(=O)(O)n3ccnc3)[C@@H](CO)[C@H]2O)c(=O)[nH]1. The van der Waals surface area contributed by atoms with Crippen molar-refractivity contribution in [3.8, 4) is 0 Å². The largest absolute Gasteiger partial charge is 0.437 e. The van der Waals surface area contributed by atoms with Gasteiger partial charge in [0, 0.05) is 18.3 Å². The molecule has 4 rings (SSSR count). The lowest BCUT2D eigenvalue weighted by atomic mass is 9.99. The number of aliphatic hydroxyl groups excluding tert-OH is 2. The lowest BCUT2D eigenvalue weighted by molar-refractivity contribution is -0.0475. The number of aromatic nitrogens is 6. The quantitative estimate of drug-likeness (QED) is 0.284. The minimum Gasteiger partial charge on any atom is -0.396 e. The lowest BCUT2D eigenvalue weighted by Gasteiger charge is -2.19. The fourth-order valence-electron chi connectivity index (χ4n) is 3.18. The van der Waals surface area contributed by atoms with Gasteiger partial charge >= 0.3 is 7.75 Å². The minimum absolute atomic E-state index is 0.00443. The Labute approximate surface area is 162 Å². The summed E-state index contributed by atoms with van der Waals surface area (Å²) < 4.78 is 25.3. The van der Waals surface area contributed by atoms with Gasteiger partial charge in [-0.25, -0.2) is 18.9 Å². The molecule has 1 unspecified atom stereocenters. The van der Waals surface area contributed by atoms with E-state index in [1.54, 1.807) is 0 Å². The third-order valence-electron chi connectivity index (χ3n) is 4.65. The van der Waals surface area contributed by atoms with E-state index in [1.165, 1.54) is 23.3 Å². The van der Waals surface area contributed by atoms with Crippen molar-refractivity contribution in [1.82, 2.24) is 28.8 Å². The van der Waals surface area contributed by atoms with Crippen LogP contribution in [0.4, 0.5) is 5.95 Å². The van der Waals surface area contributed by atoms with Crippen molar-refractivity contribution in [2.24, 2.45) is 5.92 Å². The number of aliphatic hydroxyl groups is 2. The van der Waals surface area contributed by atoms with Gasteiger partial charge in [-0.15, -0.1) is 0 Å². The number of nitrogen functional groups attached to an aromatic ring is 1. The number of ether oxygens (including phenoxy) is 1. The summed E-state index contributed by atoms with van der Waals surface area (Å²) in [7, 11) is -4.22. The van der Waals surface area contributed by atoms with E-state index in [4.69, 9.17) is 15.0 Å². The fraction of sp³-hybridized carbons (Fsp3) is 0.429. The van der Waals surface area contributed by atoms with Crippen molar-refractivity contribution < 1.29 is 28.9 Å². The smallest absolute Gasteiger partial charge is 0.396 e. The summed E-state index contributed by atoms with van der Waals surface area (Å²) in [4.78, 5) is 35.9. The molecule has 29 heavy (non-hydrogen) atoms. The van der Waals surface area contributed by atoms with Gasteiger partial charge in [0.25, 0.3) is 5.56 Å². The topological polar surface area (TPSA) is 204 Å². The molecule has 0 spiro atoms. The van der Waals surface area contributed by atoms with Gasteiger partial charge in [0.1, 0.15) is 12.4 Å². The number of H-pyrrole nitrogens is 1. The first-order chi connectivity index (χ1) is 13.8. The van der Waals surface area contributed by atoms with E-state index in [9.17, 15) is 24.5 Å². The van der Waals surface area contributed by atoms with Crippen LogP contribution in [0, 0.1) is 5.92 Å². The lowest BCUT2D eigenvalue weighted by Crippen LogP contribution is -2.31. The molecule has 0 aromatic carbocycles. The van der Waals surface area contributed by atoms with Gasteiger partial charge in [-0.1, -0.05) is 0 Å². The molecule has 6 N–H and O–H groups in total. The number of nitrogens with one attached hydrogen (secondary N) is 1. The van der Waals surface area contributed by atoms with Gasteiger partial charge in [-0.2, -0.15) is 4.98 Å². The number of anilines is 1. The summed E-state index contributed by atoms with van der Waals surface area (Å²) in [6, 6.07) is 0. The predicted molar refractivity (Wildman–Crippen MR) is 96.5 cm³/mol.